The molecule has 0 radical (unpaired) electrons. The molecular formula is C8H19NO2S. The van der Waals surface area contributed by atoms with E-state index in [1.54, 1.807) is 26.0 Å². The molecule has 0 aliphatic rings. The molecule has 0 atom stereocenters. The van der Waals surface area contributed by atoms with Crippen molar-refractivity contribution in [2.24, 2.45) is 5.73 Å². The van der Waals surface area contributed by atoms with Crippen LogP contribution in [0.3, 0.4) is 0 Å². The second kappa shape index (κ2) is 5.80. The molecular weight excluding hydrogens is 174 g/mol. The van der Waals surface area contributed by atoms with E-state index in [4.69, 9.17) is 15.2 Å². The Morgan fingerprint density at radius 2 is 1.83 bits per heavy atom. The maximum absolute atomic E-state index is 5.80. The highest BCUT2D eigenvalue weighted by Crippen LogP contribution is 2.12. The van der Waals surface area contributed by atoms with E-state index in [9.17, 15) is 0 Å². The van der Waals surface area contributed by atoms with Crippen molar-refractivity contribution in [1.82, 2.24) is 0 Å². The van der Waals surface area contributed by atoms with Crippen LogP contribution >= 0.6 is 11.8 Å². The zero-order valence-corrected chi connectivity index (χ0v) is 9.11. The van der Waals surface area contributed by atoms with Gasteiger partial charge in [0.1, 0.15) is 0 Å². The van der Waals surface area contributed by atoms with Crippen molar-refractivity contribution < 1.29 is 9.47 Å². The number of hydrogen-bond donors (Lipinski definition) is 1. The molecule has 0 fully saturated rings. The molecule has 0 amide bonds. The van der Waals surface area contributed by atoms with Gasteiger partial charge in [0.15, 0.2) is 6.29 Å². The molecule has 0 aromatic rings. The second-order valence-corrected chi connectivity index (χ2v) is 4.43. The first-order chi connectivity index (χ1) is 5.49. The van der Waals surface area contributed by atoms with Gasteiger partial charge < -0.3 is 15.2 Å². The first-order valence-electron chi connectivity index (χ1n) is 3.92. The minimum absolute atomic E-state index is 0.114. The summed E-state index contributed by atoms with van der Waals surface area (Å²) in [5, 5.41) is 0. The Bertz CT molecular complexity index is 110. The SMILES string of the molecule is COC(CSCC(C)(C)N)OC. The summed E-state index contributed by atoms with van der Waals surface area (Å²) in [5.41, 5.74) is 5.69. The molecule has 74 valence electrons. The highest BCUT2D eigenvalue weighted by molar-refractivity contribution is 7.99. The molecule has 0 bridgehead atoms. The van der Waals surface area contributed by atoms with E-state index in [2.05, 4.69) is 0 Å². The number of hydrogen-bond acceptors (Lipinski definition) is 4. The van der Waals surface area contributed by atoms with Crippen molar-refractivity contribution in [3.05, 3.63) is 0 Å². The third kappa shape index (κ3) is 6.91. The Labute approximate surface area is 79.0 Å². The van der Waals surface area contributed by atoms with Crippen LogP contribution < -0.4 is 5.73 Å². The van der Waals surface area contributed by atoms with Gasteiger partial charge in [-0.3, -0.25) is 0 Å². The molecule has 0 aliphatic carbocycles. The Hall–Kier alpha value is 0.230. The van der Waals surface area contributed by atoms with Gasteiger partial charge in [0.25, 0.3) is 0 Å². The van der Waals surface area contributed by atoms with Gasteiger partial charge in [0.2, 0.25) is 0 Å². The normalized spacial score (nSPS) is 12.5. The maximum Gasteiger partial charge on any atom is 0.165 e. The number of nitrogens with two attached hydrogens (primary N) is 1. The molecule has 0 unspecified atom stereocenters. The first-order valence-corrected chi connectivity index (χ1v) is 5.07. The predicted molar refractivity (Wildman–Crippen MR) is 53.4 cm³/mol. The zero-order valence-electron chi connectivity index (χ0n) is 8.29. The van der Waals surface area contributed by atoms with Crippen molar-refractivity contribution in [1.29, 1.82) is 0 Å². The summed E-state index contributed by atoms with van der Waals surface area (Å²) >= 11 is 1.74. The monoisotopic (exact) mass is 193 g/mol. The lowest BCUT2D eigenvalue weighted by molar-refractivity contribution is -0.0842. The Morgan fingerprint density at radius 1 is 1.33 bits per heavy atom. The fourth-order valence-corrected chi connectivity index (χ4v) is 1.76. The van der Waals surface area contributed by atoms with Crippen LogP contribution in [0.25, 0.3) is 0 Å². The van der Waals surface area contributed by atoms with Crippen LogP contribution in [0.5, 0.6) is 0 Å². The molecule has 0 aromatic heterocycles. The topological polar surface area (TPSA) is 44.5 Å². The van der Waals surface area contributed by atoms with E-state index in [-0.39, 0.29) is 11.8 Å². The summed E-state index contributed by atoms with van der Waals surface area (Å²) in [6.45, 7) is 4.02. The van der Waals surface area contributed by atoms with Gasteiger partial charge in [-0.15, -0.1) is 0 Å². The van der Waals surface area contributed by atoms with E-state index in [1.165, 1.54) is 0 Å². The maximum atomic E-state index is 5.80. The fraction of sp³-hybridized carbons (Fsp3) is 1.00. The van der Waals surface area contributed by atoms with Crippen LogP contribution in [0.4, 0.5) is 0 Å². The largest absolute Gasteiger partial charge is 0.355 e. The Kier molecular flexibility index (Phi) is 5.92. The molecule has 2 N–H and O–H groups in total. The number of methoxy groups -OCH3 is 2. The summed E-state index contributed by atoms with van der Waals surface area (Å²) in [6.07, 6.45) is -0.114. The molecule has 0 aromatic carbocycles. The highest BCUT2D eigenvalue weighted by Gasteiger charge is 2.12. The van der Waals surface area contributed by atoms with Gasteiger partial charge in [0, 0.05) is 31.3 Å². The lowest BCUT2D eigenvalue weighted by atomic mass is 10.1. The molecule has 0 heterocycles. The van der Waals surface area contributed by atoms with Gasteiger partial charge in [-0.05, 0) is 13.8 Å². The van der Waals surface area contributed by atoms with E-state index in [1.807, 2.05) is 13.8 Å². The van der Waals surface area contributed by atoms with Crippen LogP contribution in [0.15, 0.2) is 0 Å². The van der Waals surface area contributed by atoms with Crippen molar-refractivity contribution >= 4 is 11.8 Å². The van der Waals surface area contributed by atoms with Crippen LogP contribution in [-0.4, -0.2) is 37.6 Å². The number of thioether (sulfide) groups is 1. The fourth-order valence-electron chi connectivity index (χ4n) is 0.651. The van der Waals surface area contributed by atoms with E-state index in [0.717, 1.165) is 11.5 Å². The van der Waals surface area contributed by atoms with Crippen LogP contribution in [0, 0.1) is 0 Å². The smallest absolute Gasteiger partial charge is 0.165 e. The standard InChI is InChI=1S/C8H19NO2S/c1-8(2,9)6-12-5-7(10-3)11-4/h7H,5-6,9H2,1-4H3. The number of ether oxygens (including phenoxy) is 2. The summed E-state index contributed by atoms with van der Waals surface area (Å²) in [6, 6.07) is 0. The van der Waals surface area contributed by atoms with Gasteiger partial charge in [-0.2, -0.15) is 11.8 Å². The second-order valence-electron chi connectivity index (χ2n) is 3.40. The van der Waals surface area contributed by atoms with Crippen LogP contribution in [0.1, 0.15) is 13.8 Å². The summed E-state index contributed by atoms with van der Waals surface area (Å²) < 4.78 is 10.1. The molecule has 12 heavy (non-hydrogen) atoms. The minimum atomic E-state index is -0.114. The number of rotatable bonds is 6. The van der Waals surface area contributed by atoms with Gasteiger partial charge >= 0.3 is 0 Å². The first kappa shape index (κ1) is 12.2. The molecule has 0 spiro atoms. The van der Waals surface area contributed by atoms with Gasteiger partial charge in [-0.25, -0.2) is 0 Å². The van der Waals surface area contributed by atoms with Crippen molar-refractivity contribution in [3.8, 4) is 0 Å². The molecule has 0 saturated carbocycles. The highest BCUT2D eigenvalue weighted by atomic mass is 32.2. The van der Waals surface area contributed by atoms with Gasteiger partial charge in [0.05, 0.1) is 0 Å². The van der Waals surface area contributed by atoms with Crippen molar-refractivity contribution in [2.75, 3.05) is 25.7 Å². The summed E-state index contributed by atoms with van der Waals surface area (Å²) in [7, 11) is 3.28. The van der Waals surface area contributed by atoms with Crippen molar-refractivity contribution in [2.45, 2.75) is 25.7 Å². The lowest BCUT2D eigenvalue weighted by Crippen LogP contribution is -2.35. The molecule has 0 aliphatic heterocycles. The average molecular weight is 193 g/mol. The Morgan fingerprint density at radius 3 is 2.17 bits per heavy atom. The van der Waals surface area contributed by atoms with Crippen LogP contribution in [-0.2, 0) is 9.47 Å². The van der Waals surface area contributed by atoms with E-state index < -0.39 is 0 Å². The molecule has 3 nitrogen and oxygen atoms in total. The van der Waals surface area contributed by atoms with Crippen LogP contribution in [0.2, 0.25) is 0 Å². The summed E-state index contributed by atoms with van der Waals surface area (Å²) in [5.74, 6) is 1.74. The third-order valence-corrected chi connectivity index (χ3v) is 2.71. The predicted octanol–water partition coefficient (Wildman–Crippen LogP) is 1.08. The summed E-state index contributed by atoms with van der Waals surface area (Å²) in [4.78, 5) is 0. The average Bonchev–Trinajstić information content (AvgIpc) is 1.96. The molecule has 0 saturated heterocycles. The van der Waals surface area contributed by atoms with E-state index in [0.29, 0.717) is 0 Å². The molecule has 0 rings (SSSR count). The minimum Gasteiger partial charge on any atom is -0.355 e. The Balaban J connectivity index is 3.41. The van der Waals surface area contributed by atoms with E-state index >= 15 is 0 Å². The quantitative estimate of drug-likeness (QED) is 0.641. The molecule has 4 heteroatoms. The van der Waals surface area contributed by atoms with Crippen molar-refractivity contribution in [3.63, 3.8) is 0 Å². The van der Waals surface area contributed by atoms with Gasteiger partial charge in [-0.1, -0.05) is 0 Å². The zero-order chi connectivity index (χ0) is 9.61. The third-order valence-electron chi connectivity index (χ3n) is 1.25. The lowest BCUT2D eigenvalue weighted by Gasteiger charge is -2.19.